The van der Waals surface area contributed by atoms with Gasteiger partial charge in [0.15, 0.2) is 5.65 Å². The van der Waals surface area contributed by atoms with Crippen molar-refractivity contribution in [3.63, 3.8) is 0 Å². The van der Waals surface area contributed by atoms with E-state index in [1.165, 1.54) is 50.3 Å². The van der Waals surface area contributed by atoms with Gasteiger partial charge < -0.3 is 10.6 Å². The number of aryl methyl sites for hydroxylation is 7. The SMILES string of the molecule is Cc1cc(C)c(-n2c(C)c(C)c3c(NCCNCCc4ccc(C)c(C)c4)nc(C)nc32)c(C)c1. The summed E-state index contributed by atoms with van der Waals surface area (Å²) in [4.78, 5) is 9.69. The molecule has 0 saturated carbocycles. The van der Waals surface area contributed by atoms with Crippen molar-refractivity contribution in [3.05, 3.63) is 80.8 Å². The monoisotopic (exact) mass is 469 g/mol. The first-order chi connectivity index (χ1) is 16.7. The number of rotatable bonds is 8. The number of fused-ring (bicyclic) bond motifs is 1. The standard InChI is InChI=1S/C30H39N5/c1-18-15-21(4)28(22(5)16-18)35-24(7)23(6)27-29(33-25(8)34-30(27)35)32-14-13-31-12-11-26-10-9-19(2)20(3)17-26/h9-10,15-17,31H,11-14H2,1-8H3,(H,32,33,34). The molecule has 35 heavy (non-hydrogen) atoms. The molecule has 4 rings (SSSR count). The van der Waals surface area contributed by atoms with Crippen molar-refractivity contribution in [2.75, 3.05) is 25.0 Å². The van der Waals surface area contributed by atoms with Crippen molar-refractivity contribution in [3.8, 4) is 5.69 Å². The van der Waals surface area contributed by atoms with Gasteiger partial charge in [0, 0.05) is 18.8 Å². The molecule has 0 fully saturated rings. The van der Waals surface area contributed by atoms with Crippen LogP contribution in [0.15, 0.2) is 30.3 Å². The van der Waals surface area contributed by atoms with Crippen LogP contribution in [0, 0.1) is 55.4 Å². The van der Waals surface area contributed by atoms with Crippen molar-refractivity contribution >= 4 is 16.9 Å². The Balaban J connectivity index is 1.51. The molecule has 0 saturated heterocycles. The van der Waals surface area contributed by atoms with Crippen LogP contribution in [0.1, 0.15) is 50.5 Å². The highest BCUT2D eigenvalue weighted by Crippen LogP contribution is 2.34. The fraction of sp³-hybridized carbons (Fsp3) is 0.400. The third kappa shape index (κ3) is 5.10. The molecule has 2 aromatic heterocycles. The smallest absolute Gasteiger partial charge is 0.150 e. The van der Waals surface area contributed by atoms with Crippen LogP contribution in [-0.4, -0.2) is 34.2 Å². The molecule has 2 aromatic carbocycles. The van der Waals surface area contributed by atoms with Crippen LogP contribution in [0.25, 0.3) is 16.7 Å². The second kappa shape index (κ2) is 10.2. The molecule has 0 bridgehead atoms. The Morgan fingerprint density at radius 3 is 2.14 bits per heavy atom. The van der Waals surface area contributed by atoms with Gasteiger partial charge in [0.05, 0.1) is 11.1 Å². The fourth-order valence-electron chi connectivity index (χ4n) is 5.09. The van der Waals surface area contributed by atoms with E-state index in [2.05, 4.69) is 94.0 Å². The van der Waals surface area contributed by atoms with E-state index < -0.39 is 0 Å². The number of aromatic nitrogens is 3. The van der Waals surface area contributed by atoms with Crippen LogP contribution in [-0.2, 0) is 6.42 Å². The molecular formula is C30H39N5. The summed E-state index contributed by atoms with van der Waals surface area (Å²) in [7, 11) is 0. The molecule has 0 aliphatic rings. The number of anilines is 1. The lowest BCUT2D eigenvalue weighted by Crippen LogP contribution is -2.24. The van der Waals surface area contributed by atoms with E-state index in [1.54, 1.807) is 0 Å². The third-order valence-electron chi connectivity index (χ3n) is 7.08. The fourth-order valence-corrected chi connectivity index (χ4v) is 5.09. The number of benzene rings is 2. The molecule has 0 spiro atoms. The molecule has 4 aromatic rings. The Kier molecular flexibility index (Phi) is 7.27. The molecule has 0 aliphatic carbocycles. The van der Waals surface area contributed by atoms with Crippen LogP contribution in [0.5, 0.6) is 0 Å². The largest absolute Gasteiger partial charge is 0.368 e. The molecule has 0 amide bonds. The Hall–Kier alpha value is -3.18. The maximum atomic E-state index is 4.90. The predicted molar refractivity (Wildman–Crippen MR) is 148 cm³/mol. The average Bonchev–Trinajstić information content (AvgIpc) is 3.02. The Bertz CT molecular complexity index is 1360. The lowest BCUT2D eigenvalue weighted by atomic mass is 10.0. The zero-order valence-corrected chi connectivity index (χ0v) is 22.6. The van der Waals surface area contributed by atoms with Crippen molar-refractivity contribution in [2.45, 2.75) is 61.8 Å². The third-order valence-corrected chi connectivity index (χ3v) is 7.08. The molecule has 2 heterocycles. The highest BCUT2D eigenvalue weighted by molar-refractivity contribution is 5.93. The quantitative estimate of drug-likeness (QED) is 0.305. The van der Waals surface area contributed by atoms with E-state index in [4.69, 9.17) is 9.97 Å². The van der Waals surface area contributed by atoms with Crippen molar-refractivity contribution in [1.29, 1.82) is 0 Å². The van der Waals surface area contributed by atoms with Crippen LogP contribution in [0.3, 0.4) is 0 Å². The summed E-state index contributed by atoms with van der Waals surface area (Å²) in [6, 6.07) is 11.2. The molecule has 5 nitrogen and oxygen atoms in total. The van der Waals surface area contributed by atoms with Crippen LogP contribution >= 0.6 is 0 Å². The van der Waals surface area contributed by atoms with E-state index in [9.17, 15) is 0 Å². The molecule has 0 unspecified atom stereocenters. The van der Waals surface area contributed by atoms with Crippen LogP contribution in [0.4, 0.5) is 5.82 Å². The highest BCUT2D eigenvalue weighted by Gasteiger charge is 2.20. The summed E-state index contributed by atoms with van der Waals surface area (Å²) in [6.07, 6.45) is 1.04. The van der Waals surface area contributed by atoms with E-state index in [0.29, 0.717) is 0 Å². The van der Waals surface area contributed by atoms with E-state index in [0.717, 1.165) is 48.7 Å². The highest BCUT2D eigenvalue weighted by atomic mass is 15.1. The van der Waals surface area contributed by atoms with Gasteiger partial charge in [-0.25, -0.2) is 9.97 Å². The van der Waals surface area contributed by atoms with Gasteiger partial charge in [0.2, 0.25) is 0 Å². The minimum atomic E-state index is 0.781. The summed E-state index contributed by atoms with van der Waals surface area (Å²) >= 11 is 0. The first-order valence-electron chi connectivity index (χ1n) is 12.6. The van der Waals surface area contributed by atoms with Crippen LogP contribution in [0.2, 0.25) is 0 Å². The zero-order chi connectivity index (χ0) is 25.3. The van der Waals surface area contributed by atoms with Gasteiger partial charge in [-0.1, -0.05) is 35.9 Å². The van der Waals surface area contributed by atoms with E-state index >= 15 is 0 Å². The molecular weight excluding hydrogens is 430 g/mol. The van der Waals surface area contributed by atoms with Gasteiger partial charge in [-0.15, -0.1) is 0 Å². The van der Waals surface area contributed by atoms with Gasteiger partial charge in [-0.05, 0) is 102 Å². The van der Waals surface area contributed by atoms with Crippen molar-refractivity contribution in [1.82, 2.24) is 19.9 Å². The molecule has 2 N–H and O–H groups in total. The summed E-state index contributed by atoms with van der Waals surface area (Å²) < 4.78 is 2.32. The molecule has 0 aliphatic heterocycles. The molecule has 184 valence electrons. The molecule has 5 heteroatoms. The Labute approximate surface area is 210 Å². The van der Waals surface area contributed by atoms with Gasteiger partial charge in [-0.3, -0.25) is 4.57 Å². The maximum absolute atomic E-state index is 4.90. The summed E-state index contributed by atoms with van der Waals surface area (Å²) in [5.41, 5.74) is 12.6. The molecule has 0 atom stereocenters. The Morgan fingerprint density at radius 1 is 0.743 bits per heavy atom. The number of hydrogen-bond donors (Lipinski definition) is 2. The zero-order valence-electron chi connectivity index (χ0n) is 22.6. The summed E-state index contributed by atoms with van der Waals surface area (Å²) in [5.74, 6) is 1.70. The second-order valence-corrected chi connectivity index (χ2v) is 9.96. The topological polar surface area (TPSA) is 54.8 Å². The number of hydrogen-bond acceptors (Lipinski definition) is 4. The lowest BCUT2D eigenvalue weighted by molar-refractivity contribution is 0.698. The normalized spacial score (nSPS) is 11.4. The summed E-state index contributed by atoms with van der Waals surface area (Å²) in [6.45, 7) is 19.9. The van der Waals surface area contributed by atoms with Gasteiger partial charge in [0.1, 0.15) is 11.6 Å². The first kappa shape index (κ1) is 24.9. The minimum Gasteiger partial charge on any atom is -0.368 e. The maximum Gasteiger partial charge on any atom is 0.150 e. The average molecular weight is 470 g/mol. The molecule has 0 radical (unpaired) electrons. The lowest BCUT2D eigenvalue weighted by Gasteiger charge is -2.16. The summed E-state index contributed by atoms with van der Waals surface area (Å²) in [5, 5.41) is 8.27. The van der Waals surface area contributed by atoms with Gasteiger partial charge in [-0.2, -0.15) is 0 Å². The van der Waals surface area contributed by atoms with Crippen LogP contribution < -0.4 is 10.6 Å². The van der Waals surface area contributed by atoms with E-state index in [1.807, 2.05) is 6.92 Å². The predicted octanol–water partition coefficient (Wildman–Crippen LogP) is 6.13. The number of nitrogens with one attached hydrogen (secondary N) is 2. The van der Waals surface area contributed by atoms with Crippen molar-refractivity contribution < 1.29 is 0 Å². The van der Waals surface area contributed by atoms with Gasteiger partial charge >= 0.3 is 0 Å². The second-order valence-electron chi connectivity index (χ2n) is 9.96. The minimum absolute atomic E-state index is 0.781. The van der Waals surface area contributed by atoms with Crippen molar-refractivity contribution in [2.24, 2.45) is 0 Å². The van der Waals surface area contributed by atoms with Gasteiger partial charge in [0.25, 0.3) is 0 Å². The number of nitrogens with zero attached hydrogens (tertiary/aromatic N) is 3. The Morgan fingerprint density at radius 2 is 1.46 bits per heavy atom. The van der Waals surface area contributed by atoms with E-state index in [-0.39, 0.29) is 0 Å². The first-order valence-corrected chi connectivity index (χ1v) is 12.6.